The highest BCUT2D eigenvalue weighted by atomic mass is 15.0. The summed E-state index contributed by atoms with van der Waals surface area (Å²) >= 11 is 0. The van der Waals surface area contributed by atoms with E-state index in [-0.39, 0.29) is 0 Å². The molecule has 0 saturated carbocycles. The predicted octanol–water partition coefficient (Wildman–Crippen LogP) is 10.2. The lowest BCUT2D eigenvalue weighted by Crippen LogP contribution is -1.96. The zero-order valence-electron chi connectivity index (χ0n) is 21.8. The Morgan fingerprint density at radius 1 is 0.325 bits per heavy atom. The number of rotatable bonds is 2. The van der Waals surface area contributed by atoms with Crippen LogP contribution in [0, 0.1) is 0 Å². The first-order chi connectivity index (χ1) is 19.9. The van der Waals surface area contributed by atoms with Gasteiger partial charge in [-0.3, -0.25) is 0 Å². The summed E-state index contributed by atoms with van der Waals surface area (Å²) in [5, 5.41) is 10.2. The van der Waals surface area contributed by atoms with Gasteiger partial charge in [-0.15, -0.1) is 0 Å². The van der Waals surface area contributed by atoms with Crippen molar-refractivity contribution in [1.29, 1.82) is 0 Å². The van der Waals surface area contributed by atoms with E-state index >= 15 is 0 Å². The first-order valence-electron chi connectivity index (χ1n) is 13.8. The third kappa shape index (κ3) is 2.82. The molecule has 0 unspecified atom stereocenters. The molecule has 0 aliphatic carbocycles. The molecule has 0 spiro atoms. The molecular weight excluding hydrogens is 484 g/mol. The lowest BCUT2D eigenvalue weighted by atomic mass is 9.99. The van der Waals surface area contributed by atoms with Gasteiger partial charge in [0.2, 0.25) is 0 Å². The number of hydrogen-bond donors (Lipinski definition) is 0. The number of hydrogen-bond acceptors (Lipinski definition) is 0. The summed E-state index contributed by atoms with van der Waals surface area (Å²) in [4.78, 5) is 0. The van der Waals surface area contributed by atoms with Gasteiger partial charge in [-0.05, 0) is 52.6 Å². The van der Waals surface area contributed by atoms with Crippen molar-refractivity contribution in [3.05, 3.63) is 146 Å². The average molecular weight is 509 g/mol. The predicted molar refractivity (Wildman–Crippen MR) is 170 cm³/mol. The molecule has 186 valence electrons. The first-order valence-corrected chi connectivity index (χ1v) is 13.8. The van der Waals surface area contributed by atoms with Crippen LogP contribution in [0.5, 0.6) is 0 Å². The van der Waals surface area contributed by atoms with Crippen molar-refractivity contribution in [2.45, 2.75) is 0 Å². The lowest BCUT2D eigenvalue weighted by Gasteiger charge is -2.13. The van der Waals surface area contributed by atoms with Crippen LogP contribution < -0.4 is 0 Å². The maximum Gasteiger partial charge on any atom is 0.0647 e. The van der Waals surface area contributed by atoms with Gasteiger partial charge in [0, 0.05) is 38.3 Å². The van der Waals surface area contributed by atoms with Gasteiger partial charge >= 0.3 is 0 Å². The summed E-state index contributed by atoms with van der Waals surface area (Å²) in [6, 6.07) is 52.9. The average Bonchev–Trinajstić information content (AvgIpc) is 3.55. The fraction of sp³-hybridized carbons (Fsp3) is 0. The molecule has 9 rings (SSSR count). The van der Waals surface area contributed by atoms with Crippen LogP contribution in [0.1, 0.15) is 0 Å². The van der Waals surface area contributed by atoms with Crippen LogP contribution in [-0.4, -0.2) is 9.13 Å². The van der Waals surface area contributed by atoms with Gasteiger partial charge in [0.1, 0.15) is 0 Å². The second-order valence-electron chi connectivity index (χ2n) is 10.6. The SMILES string of the molecule is c1ccc(-n2c3ccccc3c3c2c2ccccc2c2c4ccccc4n(-c4ccc5ccccc5c4)c23)cc1. The summed E-state index contributed by atoms with van der Waals surface area (Å²) in [5.74, 6) is 0. The molecule has 0 aliphatic heterocycles. The van der Waals surface area contributed by atoms with Crippen molar-refractivity contribution < 1.29 is 0 Å². The molecule has 2 nitrogen and oxygen atoms in total. The van der Waals surface area contributed by atoms with Crippen molar-refractivity contribution in [3.8, 4) is 11.4 Å². The topological polar surface area (TPSA) is 9.86 Å². The highest BCUT2D eigenvalue weighted by Crippen LogP contribution is 2.46. The lowest BCUT2D eigenvalue weighted by molar-refractivity contribution is 1.18. The maximum atomic E-state index is 2.49. The van der Waals surface area contributed by atoms with Crippen LogP contribution in [-0.2, 0) is 0 Å². The Bertz CT molecular complexity index is 2420. The van der Waals surface area contributed by atoms with Crippen molar-refractivity contribution in [2.24, 2.45) is 0 Å². The van der Waals surface area contributed by atoms with Crippen molar-refractivity contribution >= 4 is 65.2 Å². The number of fused-ring (bicyclic) bond motifs is 11. The Labute approximate surface area is 230 Å². The molecule has 0 aliphatic rings. The Kier molecular flexibility index (Phi) is 4.36. The monoisotopic (exact) mass is 508 g/mol. The van der Waals surface area contributed by atoms with Crippen LogP contribution in [0.3, 0.4) is 0 Å². The molecule has 7 aromatic carbocycles. The van der Waals surface area contributed by atoms with E-state index in [1.807, 2.05) is 0 Å². The third-order valence-corrected chi connectivity index (χ3v) is 8.44. The van der Waals surface area contributed by atoms with Gasteiger partial charge < -0.3 is 9.13 Å². The smallest absolute Gasteiger partial charge is 0.0647 e. The second kappa shape index (κ2) is 8.08. The molecule has 40 heavy (non-hydrogen) atoms. The van der Waals surface area contributed by atoms with E-state index in [4.69, 9.17) is 0 Å². The Hall–Kier alpha value is -5.34. The molecule has 2 aromatic heterocycles. The van der Waals surface area contributed by atoms with Gasteiger partial charge in [0.15, 0.2) is 0 Å². The summed E-state index contributed by atoms with van der Waals surface area (Å²) in [6.07, 6.45) is 0. The van der Waals surface area contributed by atoms with Crippen molar-refractivity contribution in [1.82, 2.24) is 9.13 Å². The van der Waals surface area contributed by atoms with E-state index in [1.54, 1.807) is 0 Å². The Balaban J connectivity index is 1.61. The molecule has 0 bridgehead atoms. The van der Waals surface area contributed by atoms with E-state index in [9.17, 15) is 0 Å². The van der Waals surface area contributed by atoms with E-state index < -0.39 is 0 Å². The zero-order chi connectivity index (χ0) is 26.2. The highest BCUT2D eigenvalue weighted by Gasteiger charge is 2.24. The number of nitrogens with zero attached hydrogens (tertiary/aromatic N) is 2. The highest BCUT2D eigenvalue weighted by molar-refractivity contribution is 6.36. The maximum absolute atomic E-state index is 2.49. The van der Waals surface area contributed by atoms with E-state index in [2.05, 4.69) is 155 Å². The molecule has 0 amide bonds. The van der Waals surface area contributed by atoms with Gasteiger partial charge in [0.25, 0.3) is 0 Å². The number of benzene rings is 7. The zero-order valence-corrected chi connectivity index (χ0v) is 21.8. The normalized spacial score (nSPS) is 12.0. The summed E-state index contributed by atoms with van der Waals surface area (Å²) in [7, 11) is 0. The fourth-order valence-electron chi connectivity index (χ4n) is 6.82. The van der Waals surface area contributed by atoms with Gasteiger partial charge in [-0.25, -0.2) is 0 Å². The number of aromatic nitrogens is 2. The Morgan fingerprint density at radius 3 is 1.62 bits per heavy atom. The first kappa shape index (κ1) is 21.6. The van der Waals surface area contributed by atoms with Crippen LogP contribution in [0.25, 0.3) is 76.5 Å². The van der Waals surface area contributed by atoms with E-state index in [0.717, 1.165) is 0 Å². The number of para-hydroxylation sites is 3. The second-order valence-corrected chi connectivity index (χ2v) is 10.6. The minimum atomic E-state index is 1.17. The van der Waals surface area contributed by atoms with Crippen LogP contribution in [0.15, 0.2) is 146 Å². The molecule has 2 heterocycles. The largest absolute Gasteiger partial charge is 0.309 e. The van der Waals surface area contributed by atoms with Crippen molar-refractivity contribution in [3.63, 3.8) is 0 Å². The van der Waals surface area contributed by atoms with Gasteiger partial charge in [-0.2, -0.15) is 0 Å². The minimum Gasteiger partial charge on any atom is -0.309 e. The van der Waals surface area contributed by atoms with Crippen molar-refractivity contribution in [2.75, 3.05) is 0 Å². The minimum absolute atomic E-state index is 1.17. The third-order valence-electron chi connectivity index (χ3n) is 8.44. The molecule has 0 N–H and O–H groups in total. The van der Waals surface area contributed by atoms with Crippen LogP contribution in [0.2, 0.25) is 0 Å². The molecular formula is C38H24N2. The molecule has 0 fully saturated rings. The summed E-state index contributed by atoms with van der Waals surface area (Å²) in [5.41, 5.74) is 7.31. The van der Waals surface area contributed by atoms with Gasteiger partial charge in [-0.1, -0.05) is 109 Å². The van der Waals surface area contributed by atoms with Crippen LogP contribution in [0.4, 0.5) is 0 Å². The standard InChI is InChI=1S/C38H24N2/c1-2-14-27(15-3-1)39-34-21-11-9-19-32(34)36-37(39)30-17-7-6-16-29(30)35-31-18-8-10-20-33(31)40(38(35)36)28-23-22-25-12-4-5-13-26(25)24-28/h1-24H. The van der Waals surface area contributed by atoms with E-state index in [1.165, 1.54) is 76.5 Å². The van der Waals surface area contributed by atoms with Gasteiger partial charge in [0.05, 0.1) is 22.1 Å². The fourth-order valence-corrected chi connectivity index (χ4v) is 6.82. The molecule has 0 radical (unpaired) electrons. The van der Waals surface area contributed by atoms with Crippen LogP contribution >= 0.6 is 0 Å². The quantitative estimate of drug-likeness (QED) is 0.220. The Morgan fingerprint density at radius 2 is 0.875 bits per heavy atom. The molecule has 2 heteroatoms. The molecule has 9 aromatic rings. The molecule has 0 atom stereocenters. The summed E-state index contributed by atoms with van der Waals surface area (Å²) in [6.45, 7) is 0. The summed E-state index contributed by atoms with van der Waals surface area (Å²) < 4.78 is 4.95. The molecule has 0 saturated heterocycles. The van der Waals surface area contributed by atoms with E-state index in [0.29, 0.717) is 0 Å².